The molecule has 0 saturated carbocycles. The van der Waals surface area contributed by atoms with Crippen LogP contribution in [0.4, 0.5) is 0 Å². The molecule has 0 amide bonds. The summed E-state index contributed by atoms with van der Waals surface area (Å²) in [7, 11) is 1.67. The first-order valence-corrected chi connectivity index (χ1v) is 10.1. The normalized spacial score (nSPS) is 15.9. The van der Waals surface area contributed by atoms with Crippen LogP contribution in [0.25, 0.3) is 0 Å². The lowest BCUT2D eigenvalue weighted by molar-refractivity contribution is -0.947. The molecule has 5 heteroatoms. The minimum Gasteiger partial charge on any atom is -0.493 e. The predicted octanol–water partition coefficient (Wildman–Crippen LogP) is 3.53. The van der Waals surface area contributed by atoms with E-state index in [0.29, 0.717) is 13.2 Å². The molecule has 0 radical (unpaired) electrons. The van der Waals surface area contributed by atoms with E-state index in [1.165, 1.54) is 5.56 Å². The second-order valence-electron chi connectivity index (χ2n) is 7.28. The molecule has 0 aromatic heterocycles. The second-order valence-corrected chi connectivity index (χ2v) is 7.28. The first-order chi connectivity index (χ1) is 13.8. The van der Waals surface area contributed by atoms with Gasteiger partial charge in [-0.3, -0.25) is 0 Å². The lowest BCUT2D eigenvalue weighted by Crippen LogP contribution is -2.55. The van der Waals surface area contributed by atoms with Crippen LogP contribution in [0, 0.1) is 0 Å². The smallest absolute Gasteiger partial charge is 0.119 e. The molecule has 0 bridgehead atoms. The van der Waals surface area contributed by atoms with Crippen molar-refractivity contribution in [3.63, 3.8) is 0 Å². The van der Waals surface area contributed by atoms with E-state index in [4.69, 9.17) is 18.9 Å². The van der Waals surface area contributed by atoms with Crippen molar-refractivity contribution >= 4 is 0 Å². The van der Waals surface area contributed by atoms with Crippen LogP contribution in [0.2, 0.25) is 0 Å². The summed E-state index contributed by atoms with van der Waals surface area (Å²) in [6.45, 7) is 7.88. The number of hydrogen-bond acceptors (Lipinski definition) is 4. The minimum atomic E-state index is 0.557. The first-order valence-electron chi connectivity index (χ1n) is 10.1. The molecule has 0 N–H and O–H groups in total. The summed E-state index contributed by atoms with van der Waals surface area (Å²) in [5, 5.41) is 0. The maximum atomic E-state index is 5.95. The fourth-order valence-corrected chi connectivity index (χ4v) is 3.63. The number of nitrogens with zero attached hydrogens (tertiary/aromatic N) is 1. The van der Waals surface area contributed by atoms with Gasteiger partial charge < -0.3 is 23.4 Å². The van der Waals surface area contributed by atoms with Crippen LogP contribution < -0.4 is 9.47 Å². The molecule has 2 aromatic carbocycles. The van der Waals surface area contributed by atoms with Crippen LogP contribution in [0.15, 0.2) is 54.6 Å². The SMILES string of the molecule is COCCOc1ccc(OCCC[N+]2(Cc3ccccc3)CCOCC2)cc1. The van der Waals surface area contributed by atoms with E-state index < -0.39 is 0 Å². The maximum absolute atomic E-state index is 5.95. The van der Waals surface area contributed by atoms with Gasteiger partial charge in [-0.05, 0) is 24.3 Å². The monoisotopic (exact) mass is 386 g/mol. The Balaban J connectivity index is 1.45. The fraction of sp³-hybridized carbons (Fsp3) is 0.478. The number of ether oxygens (including phenoxy) is 4. The van der Waals surface area contributed by atoms with E-state index in [2.05, 4.69) is 30.3 Å². The molecule has 1 aliphatic heterocycles. The molecule has 1 fully saturated rings. The van der Waals surface area contributed by atoms with Crippen LogP contribution in [0.1, 0.15) is 12.0 Å². The lowest BCUT2D eigenvalue weighted by Gasteiger charge is -2.41. The summed E-state index contributed by atoms with van der Waals surface area (Å²) in [6, 6.07) is 18.6. The van der Waals surface area contributed by atoms with Gasteiger partial charge >= 0.3 is 0 Å². The Morgan fingerprint density at radius 3 is 2.11 bits per heavy atom. The van der Waals surface area contributed by atoms with E-state index in [1.807, 2.05) is 24.3 Å². The van der Waals surface area contributed by atoms with Gasteiger partial charge in [0.05, 0.1) is 33.0 Å². The third kappa shape index (κ3) is 6.51. The van der Waals surface area contributed by atoms with Gasteiger partial charge in [-0.2, -0.15) is 0 Å². The second kappa shape index (κ2) is 11.1. The highest BCUT2D eigenvalue weighted by Gasteiger charge is 2.30. The molecule has 1 aliphatic rings. The number of hydrogen-bond donors (Lipinski definition) is 0. The Labute approximate surface area is 168 Å². The number of benzene rings is 2. The average molecular weight is 387 g/mol. The van der Waals surface area contributed by atoms with Crippen LogP contribution in [0.3, 0.4) is 0 Å². The summed E-state index contributed by atoms with van der Waals surface area (Å²) in [5.41, 5.74) is 1.40. The molecule has 1 heterocycles. The van der Waals surface area contributed by atoms with E-state index in [9.17, 15) is 0 Å². The lowest BCUT2D eigenvalue weighted by atomic mass is 10.1. The van der Waals surface area contributed by atoms with Crippen molar-refractivity contribution in [2.24, 2.45) is 0 Å². The van der Waals surface area contributed by atoms with E-state index in [0.717, 1.165) is 68.4 Å². The van der Waals surface area contributed by atoms with Gasteiger partial charge in [-0.25, -0.2) is 0 Å². The maximum Gasteiger partial charge on any atom is 0.119 e. The predicted molar refractivity (Wildman–Crippen MR) is 110 cm³/mol. The van der Waals surface area contributed by atoms with Crippen LogP contribution in [0.5, 0.6) is 11.5 Å². The summed E-state index contributed by atoms with van der Waals surface area (Å²) in [4.78, 5) is 0. The van der Waals surface area contributed by atoms with Crippen LogP contribution in [-0.2, 0) is 16.0 Å². The van der Waals surface area contributed by atoms with E-state index in [-0.39, 0.29) is 0 Å². The molecular formula is C23H32NO4+. The van der Waals surface area contributed by atoms with Crippen LogP contribution >= 0.6 is 0 Å². The van der Waals surface area contributed by atoms with Crippen LogP contribution in [-0.4, -0.2) is 64.3 Å². The first kappa shape index (κ1) is 20.6. The quantitative estimate of drug-likeness (QED) is 0.437. The number of methoxy groups -OCH3 is 1. The molecule has 28 heavy (non-hydrogen) atoms. The van der Waals surface area contributed by atoms with Gasteiger partial charge in [-0.15, -0.1) is 0 Å². The summed E-state index contributed by atoms with van der Waals surface area (Å²) < 4.78 is 23.2. The van der Waals surface area contributed by atoms with Gasteiger partial charge in [0, 0.05) is 19.1 Å². The molecule has 5 nitrogen and oxygen atoms in total. The van der Waals surface area contributed by atoms with Crippen molar-refractivity contribution in [3.05, 3.63) is 60.2 Å². The van der Waals surface area contributed by atoms with Gasteiger partial charge in [0.25, 0.3) is 0 Å². The summed E-state index contributed by atoms with van der Waals surface area (Å²) in [6.07, 6.45) is 1.03. The van der Waals surface area contributed by atoms with Crippen molar-refractivity contribution < 1.29 is 23.4 Å². The topological polar surface area (TPSA) is 36.9 Å². The van der Waals surface area contributed by atoms with Crippen molar-refractivity contribution in [1.29, 1.82) is 0 Å². The Morgan fingerprint density at radius 2 is 1.46 bits per heavy atom. The summed E-state index contributed by atoms with van der Waals surface area (Å²) in [5.74, 6) is 1.72. The highest BCUT2D eigenvalue weighted by Crippen LogP contribution is 2.20. The third-order valence-electron chi connectivity index (χ3n) is 5.21. The zero-order chi connectivity index (χ0) is 19.5. The number of rotatable bonds is 11. The van der Waals surface area contributed by atoms with Gasteiger partial charge in [-0.1, -0.05) is 30.3 Å². The van der Waals surface area contributed by atoms with Crippen molar-refractivity contribution in [1.82, 2.24) is 0 Å². The Morgan fingerprint density at radius 1 is 0.821 bits per heavy atom. The zero-order valence-corrected chi connectivity index (χ0v) is 16.8. The zero-order valence-electron chi connectivity index (χ0n) is 16.8. The Hall–Kier alpha value is -2.08. The van der Waals surface area contributed by atoms with Gasteiger partial charge in [0.2, 0.25) is 0 Å². The Bertz CT molecular complexity index is 669. The fourth-order valence-electron chi connectivity index (χ4n) is 3.63. The molecule has 0 spiro atoms. The molecule has 2 aromatic rings. The molecule has 3 rings (SSSR count). The van der Waals surface area contributed by atoms with Gasteiger partial charge in [0.1, 0.15) is 37.7 Å². The van der Waals surface area contributed by atoms with Gasteiger partial charge in [0.15, 0.2) is 0 Å². The highest BCUT2D eigenvalue weighted by molar-refractivity contribution is 5.31. The molecule has 1 saturated heterocycles. The highest BCUT2D eigenvalue weighted by atomic mass is 16.5. The molecular weight excluding hydrogens is 354 g/mol. The molecule has 0 atom stereocenters. The standard InChI is InChI=1S/C23H32NO4/c1-25-18-19-28-23-10-8-22(9-11-23)27-15-5-12-24(13-16-26-17-14-24)20-21-6-3-2-4-7-21/h2-4,6-11H,5,12-20H2,1H3/q+1. The van der Waals surface area contributed by atoms with Crippen molar-refractivity contribution in [2.75, 3.05) is 59.8 Å². The third-order valence-corrected chi connectivity index (χ3v) is 5.21. The summed E-state index contributed by atoms with van der Waals surface area (Å²) >= 11 is 0. The Kier molecular flexibility index (Phi) is 8.15. The molecule has 0 aliphatic carbocycles. The molecule has 152 valence electrons. The number of quaternary nitrogens is 1. The minimum absolute atomic E-state index is 0.557. The largest absolute Gasteiger partial charge is 0.493 e. The van der Waals surface area contributed by atoms with E-state index >= 15 is 0 Å². The average Bonchev–Trinajstić information content (AvgIpc) is 2.74. The van der Waals surface area contributed by atoms with Crippen molar-refractivity contribution in [2.45, 2.75) is 13.0 Å². The number of morpholine rings is 1. The molecule has 0 unspecified atom stereocenters. The van der Waals surface area contributed by atoms with Crippen molar-refractivity contribution in [3.8, 4) is 11.5 Å². The van der Waals surface area contributed by atoms with E-state index in [1.54, 1.807) is 7.11 Å².